The van der Waals surface area contributed by atoms with E-state index in [-0.39, 0.29) is 26.3 Å². The third-order valence-electron chi connectivity index (χ3n) is 5.16. The molecule has 4 heterocycles. The maximum atomic E-state index is 13.6. The second-order valence-electron chi connectivity index (χ2n) is 7.46. The topological polar surface area (TPSA) is 121 Å². The highest BCUT2D eigenvalue weighted by molar-refractivity contribution is 7.21. The second-order valence-corrected chi connectivity index (χ2v) is 8.46. The summed E-state index contributed by atoms with van der Waals surface area (Å²) in [4.78, 5) is 28.6. The molecule has 15 heteroatoms. The summed E-state index contributed by atoms with van der Waals surface area (Å²) in [5, 5.41) is 10.1. The number of fused-ring (bicyclic) bond motifs is 1. The number of hydrogen-bond acceptors (Lipinski definition) is 6. The number of carbonyl (C=O) groups is 2. The summed E-state index contributed by atoms with van der Waals surface area (Å²) in [6.07, 6.45) is -5.19. The third kappa shape index (κ3) is 4.58. The van der Waals surface area contributed by atoms with Gasteiger partial charge in [-0.15, -0.1) is 11.3 Å². The fourth-order valence-corrected chi connectivity index (χ4v) is 4.44. The lowest BCUT2D eigenvalue weighted by Gasteiger charge is -2.11. The van der Waals surface area contributed by atoms with Gasteiger partial charge < -0.3 is 11.1 Å². The van der Waals surface area contributed by atoms with Crippen LogP contribution in [-0.4, -0.2) is 36.4 Å². The molecule has 0 spiro atoms. The largest absolute Gasteiger partial charge is 0.435 e. The van der Waals surface area contributed by atoms with Crippen molar-refractivity contribution in [1.29, 1.82) is 0 Å². The van der Waals surface area contributed by atoms with E-state index in [4.69, 9.17) is 5.73 Å². The molecule has 0 aliphatic heterocycles. The normalized spacial score (nSPS) is 12.0. The minimum absolute atomic E-state index is 0.0172. The van der Waals surface area contributed by atoms with Gasteiger partial charge in [0.05, 0.1) is 11.9 Å². The number of halogens is 5. The molecule has 0 saturated carbocycles. The van der Waals surface area contributed by atoms with Crippen LogP contribution in [0.1, 0.15) is 33.2 Å². The van der Waals surface area contributed by atoms with Gasteiger partial charge in [0.25, 0.3) is 12.3 Å². The van der Waals surface area contributed by atoms with E-state index in [0.717, 1.165) is 16.9 Å². The first-order chi connectivity index (χ1) is 16.4. The van der Waals surface area contributed by atoms with E-state index < -0.39 is 42.3 Å². The Balaban J connectivity index is 1.82. The van der Waals surface area contributed by atoms with Crippen LogP contribution < -0.4 is 11.1 Å². The summed E-state index contributed by atoms with van der Waals surface area (Å²) in [5.41, 5.74) is 4.94. The van der Waals surface area contributed by atoms with Crippen molar-refractivity contribution in [3.05, 3.63) is 46.5 Å². The zero-order valence-electron chi connectivity index (χ0n) is 18.0. The highest BCUT2D eigenvalue weighted by Crippen LogP contribution is 2.43. The summed E-state index contributed by atoms with van der Waals surface area (Å²) >= 11 is 0.709. The van der Waals surface area contributed by atoms with Gasteiger partial charge >= 0.3 is 6.18 Å². The number of alkyl halides is 5. The monoisotopic (exact) mass is 513 g/mol. The Labute approximate surface area is 197 Å². The van der Waals surface area contributed by atoms with Crippen molar-refractivity contribution in [3.63, 3.8) is 0 Å². The third-order valence-corrected chi connectivity index (χ3v) is 6.25. The fourth-order valence-electron chi connectivity index (χ4n) is 3.42. The molecule has 4 aromatic rings. The van der Waals surface area contributed by atoms with Gasteiger partial charge in [-0.25, -0.2) is 13.8 Å². The first-order valence-corrected chi connectivity index (χ1v) is 10.6. The highest BCUT2D eigenvalue weighted by Gasteiger charge is 2.34. The van der Waals surface area contributed by atoms with Crippen LogP contribution >= 0.6 is 11.3 Å². The van der Waals surface area contributed by atoms with Crippen LogP contribution in [0.15, 0.2) is 24.5 Å². The maximum absolute atomic E-state index is 13.6. The zero-order valence-corrected chi connectivity index (χ0v) is 18.8. The van der Waals surface area contributed by atoms with Crippen molar-refractivity contribution in [1.82, 2.24) is 24.5 Å². The van der Waals surface area contributed by atoms with Crippen LogP contribution in [0.4, 0.5) is 27.6 Å². The summed E-state index contributed by atoms with van der Waals surface area (Å²) in [6, 6.07) is 1.84. The van der Waals surface area contributed by atoms with Crippen molar-refractivity contribution in [2.24, 2.45) is 12.8 Å². The number of primary amides is 1. The highest BCUT2D eigenvalue weighted by atomic mass is 32.1. The molecule has 0 fully saturated rings. The number of nitrogens with zero attached hydrogens (tertiary/aromatic N) is 5. The van der Waals surface area contributed by atoms with E-state index in [0.29, 0.717) is 28.7 Å². The molecule has 184 valence electrons. The molecule has 4 aromatic heterocycles. The Morgan fingerprint density at radius 2 is 1.97 bits per heavy atom. The van der Waals surface area contributed by atoms with Gasteiger partial charge in [-0.05, 0) is 24.6 Å². The molecule has 3 N–H and O–H groups in total. The molecule has 0 radical (unpaired) electrons. The van der Waals surface area contributed by atoms with Crippen LogP contribution in [0.25, 0.3) is 21.3 Å². The molecule has 2 amide bonds. The lowest BCUT2D eigenvalue weighted by atomic mass is 10.0. The lowest BCUT2D eigenvalue weighted by molar-refractivity contribution is -0.141. The summed E-state index contributed by atoms with van der Waals surface area (Å²) in [5.74, 6) is -1.77. The summed E-state index contributed by atoms with van der Waals surface area (Å²) in [7, 11) is 1.65. The second kappa shape index (κ2) is 8.72. The van der Waals surface area contributed by atoms with Crippen LogP contribution in [-0.2, 0) is 24.6 Å². The first-order valence-electron chi connectivity index (χ1n) is 9.81. The molecule has 0 atom stereocenters. The number of aromatic nitrogens is 5. The van der Waals surface area contributed by atoms with Crippen molar-refractivity contribution >= 4 is 39.1 Å². The quantitative estimate of drug-likeness (QED) is 0.379. The number of nitrogens with two attached hydrogens (primary N) is 1. The Hall–Kier alpha value is -3.88. The van der Waals surface area contributed by atoms with Crippen molar-refractivity contribution < 1.29 is 31.5 Å². The van der Waals surface area contributed by atoms with E-state index in [9.17, 15) is 31.5 Å². The first kappa shape index (κ1) is 24.3. The molecule has 9 nitrogen and oxygen atoms in total. The van der Waals surface area contributed by atoms with Crippen LogP contribution in [0.2, 0.25) is 0 Å². The van der Waals surface area contributed by atoms with Crippen molar-refractivity contribution in [3.8, 4) is 11.1 Å². The smallest absolute Gasteiger partial charge is 0.365 e. The van der Waals surface area contributed by atoms with E-state index in [1.807, 2.05) is 0 Å². The number of amides is 2. The number of nitrogens with one attached hydrogen (secondary N) is 1. The molecule has 0 aliphatic rings. The van der Waals surface area contributed by atoms with E-state index in [1.165, 1.54) is 10.9 Å². The van der Waals surface area contributed by atoms with E-state index >= 15 is 0 Å². The van der Waals surface area contributed by atoms with Gasteiger partial charge in [0.1, 0.15) is 21.9 Å². The summed E-state index contributed by atoms with van der Waals surface area (Å²) in [6.45, 7) is 1.08. The number of rotatable bonds is 6. The number of thiophene rings is 1. The van der Waals surface area contributed by atoms with Gasteiger partial charge in [-0.2, -0.15) is 23.4 Å². The maximum Gasteiger partial charge on any atom is 0.435 e. The Kier molecular flexibility index (Phi) is 6.04. The number of pyridine rings is 1. The van der Waals surface area contributed by atoms with Gasteiger partial charge in [0.2, 0.25) is 5.91 Å². The minimum atomic E-state index is -4.69. The number of anilines is 1. The Morgan fingerprint density at radius 1 is 1.26 bits per heavy atom. The molecule has 0 unspecified atom stereocenters. The molecule has 4 rings (SSSR count). The van der Waals surface area contributed by atoms with Crippen molar-refractivity contribution in [2.45, 2.75) is 26.1 Å². The van der Waals surface area contributed by atoms with Gasteiger partial charge in [0, 0.05) is 29.9 Å². The summed E-state index contributed by atoms with van der Waals surface area (Å²) < 4.78 is 67.8. The Morgan fingerprint density at radius 3 is 2.51 bits per heavy atom. The standard InChI is InChI=1S/C20H16F5N7O2S/c1-8-10(6-27-31(8)2)9-5-11(17(21)22)28-19-14(9)15(16(35-19)18(26)34)29-13(33)7-32-4-3-12(30-32)20(23,24)25/h3-6,17H,7H2,1-2H3,(H2,26,34)(H,29,33). The fraction of sp³-hybridized carbons (Fsp3) is 0.250. The van der Waals surface area contributed by atoms with Crippen LogP contribution in [0, 0.1) is 6.92 Å². The SMILES string of the molecule is Cc1c(-c2cc(C(F)F)nc3sc(C(N)=O)c(NC(=O)Cn4ccc(C(F)(F)F)n4)c23)cnn1C. The zero-order chi connectivity index (χ0) is 25.7. The van der Waals surface area contributed by atoms with Gasteiger partial charge in [-0.1, -0.05) is 0 Å². The minimum Gasteiger partial charge on any atom is -0.365 e. The average Bonchev–Trinajstić information content (AvgIpc) is 3.46. The molecule has 0 aliphatic carbocycles. The van der Waals surface area contributed by atoms with E-state index in [2.05, 4.69) is 20.5 Å². The van der Waals surface area contributed by atoms with Gasteiger partial charge in [-0.3, -0.25) is 19.0 Å². The molecule has 0 aromatic carbocycles. The molecular formula is C20H16F5N7O2S. The Bertz CT molecular complexity index is 1450. The van der Waals surface area contributed by atoms with Crippen molar-refractivity contribution in [2.75, 3.05) is 5.32 Å². The average molecular weight is 513 g/mol. The molecule has 35 heavy (non-hydrogen) atoms. The number of aryl methyl sites for hydroxylation is 1. The van der Waals surface area contributed by atoms with Crippen LogP contribution in [0.3, 0.4) is 0 Å². The molecular weight excluding hydrogens is 497 g/mol. The lowest BCUT2D eigenvalue weighted by Crippen LogP contribution is -2.21. The number of carbonyl (C=O) groups excluding carboxylic acids is 2. The predicted octanol–water partition coefficient (Wildman–Crippen LogP) is 3.90. The van der Waals surface area contributed by atoms with Gasteiger partial charge in [0.15, 0.2) is 5.69 Å². The predicted molar refractivity (Wildman–Crippen MR) is 116 cm³/mol. The molecule has 0 bridgehead atoms. The molecule has 0 saturated heterocycles. The van der Waals surface area contributed by atoms with Crippen LogP contribution in [0.5, 0.6) is 0 Å². The number of hydrogen-bond donors (Lipinski definition) is 2. The van der Waals surface area contributed by atoms with E-state index in [1.54, 1.807) is 14.0 Å².